The molecule has 0 atom stereocenters. The Morgan fingerprint density at radius 1 is 1.17 bits per heavy atom. The third kappa shape index (κ3) is 2.76. The van der Waals surface area contributed by atoms with E-state index in [-0.39, 0.29) is 0 Å². The van der Waals surface area contributed by atoms with E-state index in [0.29, 0.717) is 0 Å². The smallest absolute Gasteiger partial charge is 0.0900 e. The van der Waals surface area contributed by atoms with Crippen LogP contribution < -0.4 is 0 Å². The number of aryl methyl sites for hydroxylation is 3. The molecule has 1 N–H and O–H groups in total. The first-order valence-corrected chi connectivity index (χ1v) is 6.95. The average Bonchev–Trinajstić information content (AvgIpc) is 2.20. The summed E-state index contributed by atoms with van der Waals surface area (Å²) < 4.78 is 0. The Morgan fingerprint density at radius 3 is 2.22 bits per heavy atom. The molecule has 2 rings (SSSR count). The molecular weight excluding hydrogens is 222 g/mol. The van der Waals surface area contributed by atoms with E-state index in [2.05, 4.69) is 44.7 Å². The Kier molecular flexibility index (Phi) is 3.79. The van der Waals surface area contributed by atoms with Crippen molar-refractivity contribution in [3.05, 3.63) is 34.4 Å². The van der Waals surface area contributed by atoms with Gasteiger partial charge in [0.1, 0.15) is 0 Å². The molecule has 2 nitrogen and oxygen atoms in total. The van der Waals surface area contributed by atoms with Crippen LogP contribution in [0.2, 0.25) is 0 Å². The molecule has 1 aromatic rings. The zero-order valence-corrected chi connectivity index (χ0v) is 12.1. The van der Waals surface area contributed by atoms with E-state index in [1.54, 1.807) is 0 Å². The second-order valence-corrected chi connectivity index (χ2v) is 6.00. The number of aliphatic hydroxyl groups is 1. The predicted octanol–water partition coefficient (Wildman–Crippen LogP) is 2.96. The minimum absolute atomic E-state index is 0.415. The van der Waals surface area contributed by atoms with Crippen molar-refractivity contribution < 1.29 is 5.11 Å². The average molecular weight is 247 g/mol. The third-order valence-electron chi connectivity index (χ3n) is 3.97. The van der Waals surface area contributed by atoms with Crippen molar-refractivity contribution in [1.29, 1.82) is 0 Å². The molecule has 1 saturated heterocycles. The number of β-amino-alcohol motifs (C(OH)–C–C–N with tert-alkyl or cyclic N) is 1. The lowest BCUT2D eigenvalue weighted by Crippen LogP contribution is -2.61. The van der Waals surface area contributed by atoms with Gasteiger partial charge in [0, 0.05) is 19.6 Å². The summed E-state index contributed by atoms with van der Waals surface area (Å²) in [7, 11) is 0. The van der Waals surface area contributed by atoms with Crippen LogP contribution in [0.3, 0.4) is 0 Å². The van der Waals surface area contributed by atoms with E-state index in [1.165, 1.54) is 22.3 Å². The van der Waals surface area contributed by atoms with Crippen molar-refractivity contribution >= 4 is 0 Å². The van der Waals surface area contributed by atoms with E-state index in [1.807, 2.05) is 0 Å². The van der Waals surface area contributed by atoms with E-state index < -0.39 is 5.60 Å². The lowest BCUT2D eigenvalue weighted by atomic mass is 9.88. The summed E-state index contributed by atoms with van der Waals surface area (Å²) in [6.07, 6.45) is 1.99. The van der Waals surface area contributed by atoms with Crippen LogP contribution in [0.1, 0.15) is 42.0 Å². The second-order valence-electron chi connectivity index (χ2n) is 6.00. The summed E-state index contributed by atoms with van der Waals surface area (Å²) in [4.78, 5) is 2.35. The molecule has 1 heterocycles. The SMILES string of the molecule is CCCC1(O)CN(Cc2c(C)cc(C)cc2C)C1. The molecule has 1 aliphatic heterocycles. The second kappa shape index (κ2) is 5.02. The minimum atomic E-state index is -0.415. The van der Waals surface area contributed by atoms with Gasteiger partial charge in [-0.25, -0.2) is 0 Å². The van der Waals surface area contributed by atoms with Crippen molar-refractivity contribution in [1.82, 2.24) is 4.90 Å². The van der Waals surface area contributed by atoms with Gasteiger partial charge in [0.05, 0.1) is 5.60 Å². The van der Waals surface area contributed by atoms with Gasteiger partial charge in [0.2, 0.25) is 0 Å². The highest BCUT2D eigenvalue weighted by atomic mass is 16.3. The van der Waals surface area contributed by atoms with Gasteiger partial charge in [-0.3, -0.25) is 4.90 Å². The van der Waals surface area contributed by atoms with Crippen LogP contribution in [-0.2, 0) is 6.54 Å². The topological polar surface area (TPSA) is 23.5 Å². The van der Waals surface area contributed by atoms with Crippen molar-refractivity contribution in [2.45, 2.75) is 52.7 Å². The van der Waals surface area contributed by atoms with Gasteiger partial charge in [-0.1, -0.05) is 31.0 Å². The standard InChI is InChI=1S/C16H25NO/c1-5-6-16(18)10-17(11-16)9-15-13(3)7-12(2)8-14(15)4/h7-8,18H,5-6,9-11H2,1-4H3. The van der Waals surface area contributed by atoms with Gasteiger partial charge in [0.15, 0.2) is 0 Å². The van der Waals surface area contributed by atoms with Gasteiger partial charge in [-0.2, -0.15) is 0 Å². The lowest BCUT2D eigenvalue weighted by Gasteiger charge is -2.47. The molecule has 0 saturated carbocycles. The molecule has 100 valence electrons. The number of rotatable bonds is 4. The van der Waals surface area contributed by atoms with Gasteiger partial charge >= 0.3 is 0 Å². The summed E-state index contributed by atoms with van der Waals surface area (Å²) in [5.74, 6) is 0. The fraction of sp³-hybridized carbons (Fsp3) is 0.625. The maximum atomic E-state index is 10.2. The zero-order chi connectivity index (χ0) is 13.3. The predicted molar refractivity (Wildman–Crippen MR) is 75.8 cm³/mol. The normalized spacial score (nSPS) is 18.7. The molecule has 0 unspecified atom stereocenters. The number of hydrogen-bond donors (Lipinski definition) is 1. The first kappa shape index (κ1) is 13.6. The fourth-order valence-corrected chi connectivity index (χ4v) is 3.20. The first-order chi connectivity index (χ1) is 8.43. The Labute approximate surface area is 111 Å². The first-order valence-electron chi connectivity index (χ1n) is 6.95. The summed E-state index contributed by atoms with van der Waals surface area (Å²) in [5, 5.41) is 10.2. The molecule has 0 bridgehead atoms. The number of likely N-dealkylation sites (tertiary alicyclic amines) is 1. The number of benzene rings is 1. The number of hydrogen-bond acceptors (Lipinski definition) is 2. The molecule has 1 aliphatic rings. The van der Waals surface area contributed by atoms with E-state index in [9.17, 15) is 5.11 Å². The largest absolute Gasteiger partial charge is 0.387 e. The van der Waals surface area contributed by atoms with Gasteiger partial charge in [0.25, 0.3) is 0 Å². The molecule has 0 aromatic heterocycles. The molecule has 2 heteroatoms. The molecule has 0 aliphatic carbocycles. The highest BCUT2D eigenvalue weighted by Crippen LogP contribution is 2.29. The van der Waals surface area contributed by atoms with Crippen LogP contribution >= 0.6 is 0 Å². The van der Waals surface area contributed by atoms with Crippen molar-refractivity contribution in [2.75, 3.05) is 13.1 Å². The van der Waals surface area contributed by atoms with Crippen molar-refractivity contribution in [3.8, 4) is 0 Å². The summed E-state index contributed by atoms with van der Waals surface area (Å²) in [6, 6.07) is 4.50. The molecule has 0 amide bonds. The van der Waals surface area contributed by atoms with Gasteiger partial charge in [-0.05, 0) is 43.9 Å². The number of nitrogens with zero attached hydrogens (tertiary/aromatic N) is 1. The van der Waals surface area contributed by atoms with Gasteiger partial charge < -0.3 is 5.11 Å². The summed E-state index contributed by atoms with van der Waals surface area (Å²) in [6.45, 7) is 11.3. The Balaban J connectivity index is 2.01. The molecule has 18 heavy (non-hydrogen) atoms. The quantitative estimate of drug-likeness (QED) is 0.884. The van der Waals surface area contributed by atoms with E-state index in [0.717, 1.165) is 32.5 Å². The fourth-order valence-electron chi connectivity index (χ4n) is 3.20. The van der Waals surface area contributed by atoms with Gasteiger partial charge in [-0.15, -0.1) is 0 Å². The molecule has 0 spiro atoms. The van der Waals surface area contributed by atoms with Crippen LogP contribution in [0, 0.1) is 20.8 Å². The molecule has 1 fully saturated rings. The van der Waals surface area contributed by atoms with E-state index in [4.69, 9.17) is 0 Å². The maximum absolute atomic E-state index is 10.2. The van der Waals surface area contributed by atoms with Crippen molar-refractivity contribution in [2.24, 2.45) is 0 Å². The van der Waals surface area contributed by atoms with Crippen molar-refractivity contribution in [3.63, 3.8) is 0 Å². The minimum Gasteiger partial charge on any atom is -0.387 e. The highest BCUT2D eigenvalue weighted by Gasteiger charge is 2.39. The summed E-state index contributed by atoms with van der Waals surface area (Å²) >= 11 is 0. The molecule has 0 radical (unpaired) electrons. The van der Waals surface area contributed by atoms with Crippen LogP contribution in [0.5, 0.6) is 0 Å². The molecular formula is C16H25NO. The Morgan fingerprint density at radius 2 is 1.72 bits per heavy atom. The lowest BCUT2D eigenvalue weighted by molar-refractivity contribution is -0.106. The monoisotopic (exact) mass is 247 g/mol. The van der Waals surface area contributed by atoms with Crippen LogP contribution in [-0.4, -0.2) is 28.7 Å². The van der Waals surface area contributed by atoms with Crippen LogP contribution in [0.4, 0.5) is 0 Å². The maximum Gasteiger partial charge on any atom is 0.0900 e. The molecule has 1 aromatic carbocycles. The zero-order valence-electron chi connectivity index (χ0n) is 12.1. The Hall–Kier alpha value is -0.860. The van der Waals surface area contributed by atoms with Crippen LogP contribution in [0.25, 0.3) is 0 Å². The third-order valence-corrected chi connectivity index (χ3v) is 3.97. The Bertz CT molecular complexity index is 410. The van der Waals surface area contributed by atoms with Crippen LogP contribution in [0.15, 0.2) is 12.1 Å². The summed E-state index contributed by atoms with van der Waals surface area (Å²) in [5.41, 5.74) is 5.09. The highest BCUT2D eigenvalue weighted by molar-refractivity contribution is 5.37. The van der Waals surface area contributed by atoms with E-state index >= 15 is 0 Å².